The molecule has 2 aromatic rings. The van der Waals surface area contributed by atoms with Crippen LogP contribution >= 0.6 is 11.6 Å². The van der Waals surface area contributed by atoms with E-state index in [0.717, 1.165) is 0 Å². The van der Waals surface area contributed by atoms with Crippen molar-refractivity contribution in [3.8, 4) is 0 Å². The van der Waals surface area contributed by atoms with E-state index in [-0.39, 0.29) is 28.6 Å². The van der Waals surface area contributed by atoms with E-state index in [1.807, 2.05) is 0 Å². The van der Waals surface area contributed by atoms with E-state index in [4.69, 9.17) is 11.6 Å². The van der Waals surface area contributed by atoms with Crippen molar-refractivity contribution >= 4 is 23.2 Å². The molecule has 2 aromatic carbocycles. The third-order valence-corrected chi connectivity index (χ3v) is 4.08. The number of halogens is 2. The fraction of sp³-hybridized carbons (Fsp3) is 0.200. The van der Waals surface area contributed by atoms with Crippen LogP contribution in [0.2, 0.25) is 5.02 Å². The van der Waals surface area contributed by atoms with Crippen LogP contribution in [0, 0.1) is 11.7 Å². The largest absolute Gasteiger partial charge is 0.383 e. The van der Waals surface area contributed by atoms with Crippen molar-refractivity contribution in [2.75, 3.05) is 14.1 Å². The van der Waals surface area contributed by atoms with Crippen LogP contribution in [0.4, 0.5) is 4.39 Å². The molecule has 1 atom stereocenters. The molecule has 0 spiro atoms. The second-order valence-corrected chi connectivity index (χ2v) is 6.28. The fourth-order valence-electron chi connectivity index (χ4n) is 2.40. The topological polar surface area (TPSA) is 37.4 Å². The molecule has 0 bridgehead atoms. The SMILES string of the molecule is CN(C)/C=C/C(=O)[C@@H](Cc1c(F)cccc1Cl)C(=O)c1ccccc1. The summed E-state index contributed by atoms with van der Waals surface area (Å²) in [5, 5.41) is 0.204. The van der Waals surface area contributed by atoms with Crippen LogP contribution in [0.1, 0.15) is 15.9 Å². The molecule has 0 N–H and O–H groups in total. The van der Waals surface area contributed by atoms with Crippen LogP contribution in [0.3, 0.4) is 0 Å². The van der Waals surface area contributed by atoms with Gasteiger partial charge in [0.1, 0.15) is 5.82 Å². The normalized spacial score (nSPS) is 12.2. The van der Waals surface area contributed by atoms with Crippen molar-refractivity contribution in [3.63, 3.8) is 0 Å². The van der Waals surface area contributed by atoms with Crippen LogP contribution < -0.4 is 0 Å². The molecule has 0 aliphatic heterocycles. The molecule has 0 aliphatic rings. The number of rotatable bonds is 7. The van der Waals surface area contributed by atoms with Gasteiger partial charge in [-0.1, -0.05) is 48.0 Å². The summed E-state index contributed by atoms with van der Waals surface area (Å²) < 4.78 is 14.1. The summed E-state index contributed by atoms with van der Waals surface area (Å²) >= 11 is 6.07. The molecule has 3 nitrogen and oxygen atoms in total. The Morgan fingerprint density at radius 2 is 1.80 bits per heavy atom. The molecule has 2 rings (SSSR count). The van der Waals surface area contributed by atoms with Crippen LogP contribution in [0.25, 0.3) is 0 Å². The maximum Gasteiger partial charge on any atom is 0.174 e. The summed E-state index contributed by atoms with van der Waals surface area (Å²) in [6, 6.07) is 12.8. The minimum Gasteiger partial charge on any atom is -0.383 e. The molecule has 130 valence electrons. The van der Waals surface area contributed by atoms with E-state index in [2.05, 4.69) is 0 Å². The van der Waals surface area contributed by atoms with Gasteiger partial charge in [-0.15, -0.1) is 0 Å². The lowest BCUT2D eigenvalue weighted by Crippen LogP contribution is -2.26. The third kappa shape index (κ3) is 5.00. The zero-order valence-electron chi connectivity index (χ0n) is 14.1. The quantitative estimate of drug-likeness (QED) is 0.423. The average Bonchev–Trinajstić information content (AvgIpc) is 2.59. The first kappa shape index (κ1) is 18.9. The summed E-state index contributed by atoms with van der Waals surface area (Å²) in [7, 11) is 3.54. The van der Waals surface area contributed by atoms with Crippen LogP contribution in [-0.4, -0.2) is 30.6 Å². The smallest absolute Gasteiger partial charge is 0.174 e. The highest BCUT2D eigenvalue weighted by Gasteiger charge is 2.28. The summed E-state index contributed by atoms with van der Waals surface area (Å²) in [5.74, 6) is -2.30. The van der Waals surface area contributed by atoms with Gasteiger partial charge in [0, 0.05) is 36.4 Å². The summed E-state index contributed by atoms with van der Waals surface area (Å²) in [5.41, 5.74) is 0.580. The first-order chi connectivity index (χ1) is 11.9. The van der Waals surface area contributed by atoms with E-state index >= 15 is 0 Å². The number of ketones is 2. The van der Waals surface area contributed by atoms with Crippen molar-refractivity contribution < 1.29 is 14.0 Å². The summed E-state index contributed by atoms with van der Waals surface area (Å²) in [6.45, 7) is 0. The molecule has 0 heterocycles. The van der Waals surface area contributed by atoms with E-state index in [1.165, 1.54) is 18.2 Å². The van der Waals surface area contributed by atoms with Gasteiger partial charge in [0.05, 0.1) is 5.92 Å². The number of hydrogen-bond acceptors (Lipinski definition) is 3. The molecular formula is C20H19ClFNO2. The van der Waals surface area contributed by atoms with E-state index in [0.29, 0.717) is 5.56 Å². The highest BCUT2D eigenvalue weighted by molar-refractivity contribution is 6.31. The maximum absolute atomic E-state index is 14.1. The summed E-state index contributed by atoms with van der Waals surface area (Å²) in [6.07, 6.45) is 2.81. The number of benzene rings is 2. The van der Waals surface area contributed by atoms with Gasteiger partial charge >= 0.3 is 0 Å². The average molecular weight is 360 g/mol. The van der Waals surface area contributed by atoms with Gasteiger partial charge in [-0.3, -0.25) is 9.59 Å². The zero-order chi connectivity index (χ0) is 18.4. The number of hydrogen-bond donors (Lipinski definition) is 0. The lowest BCUT2D eigenvalue weighted by atomic mass is 9.87. The summed E-state index contributed by atoms with van der Waals surface area (Å²) in [4.78, 5) is 27.1. The number of allylic oxidation sites excluding steroid dienone is 1. The van der Waals surface area contributed by atoms with E-state index < -0.39 is 11.7 Å². The Morgan fingerprint density at radius 1 is 1.12 bits per heavy atom. The molecule has 25 heavy (non-hydrogen) atoms. The van der Waals surface area contributed by atoms with Gasteiger partial charge in [0.15, 0.2) is 11.6 Å². The number of Topliss-reactive ketones (excluding diaryl/α,β-unsaturated/α-hetero) is 1. The van der Waals surface area contributed by atoms with Gasteiger partial charge in [0.2, 0.25) is 0 Å². The predicted molar refractivity (Wildman–Crippen MR) is 97.2 cm³/mol. The molecule has 0 aliphatic carbocycles. The molecule has 0 radical (unpaired) electrons. The Bertz CT molecular complexity index is 767. The van der Waals surface area contributed by atoms with Crippen LogP contribution in [0.5, 0.6) is 0 Å². The van der Waals surface area contributed by atoms with Gasteiger partial charge in [-0.2, -0.15) is 0 Å². The second-order valence-electron chi connectivity index (χ2n) is 5.87. The third-order valence-electron chi connectivity index (χ3n) is 3.73. The molecule has 0 amide bonds. The lowest BCUT2D eigenvalue weighted by Gasteiger charge is -2.15. The maximum atomic E-state index is 14.1. The van der Waals surface area contributed by atoms with Crippen molar-refractivity contribution in [2.45, 2.75) is 6.42 Å². The Balaban J connectivity index is 2.38. The minimum atomic E-state index is -1.03. The zero-order valence-corrected chi connectivity index (χ0v) is 14.8. The molecule has 0 saturated carbocycles. The predicted octanol–water partition coefficient (Wildman–Crippen LogP) is 4.17. The van der Waals surface area contributed by atoms with Gasteiger partial charge in [-0.05, 0) is 24.6 Å². The first-order valence-corrected chi connectivity index (χ1v) is 8.18. The molecule has 0 unspecified atom stereocenters. The Morgan fingerprint density at radius 3 is 2.40 bits per heavy atom. The Kier molecular flexibility index (Phi) is 6.48. The van der Waals surface area contributed by atoms with Crippen LogP contribution in [0.15, 0.2) is 60.8 Å². The Labute approximate surface area is 151 Å². The molecule has 0 saturated heterocycles. The number of nitrogens with zero attached hydrogens (tertiary/aromatic N) is 1. The fourth-order valence-corrected chi connectivity index (χ4v) is 2.64. The van der Waals surface area contributed by atoms with E-state index in [9.17, 15) is 14.0 Å². The second kappa shape index (κ2) is 8.58. The van der Waals surface area contributed by atoms with Gasteiger partial charge in [-0.25, -0.2) is 4.39 Å². The standard InChI is InChI=1S/C20H19ClFNO2/c1-23(2)12-11-19(24)16(20(25)14-7-4-3-5-8-14)13-15-17(21)9-6-10-18(15)22/h3-12,16H,13H2,1-2H3/b12-11+/t16-/m1/s1. The molecule has 5 heteroatoms. The van der Waals surface area contributed by atoms with Crippen molar-refractivity contribution in [3.05, 3.63) is 82.8 Å². The highest BCUT2D eigenvalue weighted by atomic mass is 35.5. The van der Waals surface area contributed by atoms with Crippen molar-refractivity contribution in [2.24, 2.45) is 5.92 Å². The van der Waals surface area contributed by atoms with Crippen molar-refractivity contribution in [1.82, 2.24) is 4.90 Å². The lowest BCUT2D eigenvalue weighted by molar-refractivity contribution is -0.116. The van der Waals surface area contributed by atoms with Gasteiger partial charge in [0.25, 0.3) is 0 Å². The highest BCUT2D eigenvalue weighted by Crippen LogP contribution is 2.25. The Hall–Kier alpha value is -2.46. The van der Waals surface area contributed by atoms with E-state index in [1.54, 1.807) is 61.6 Å². The number of carbonyl (C=O) groups is 2. The molecule has 0 fully saturated rings. The molecular weight excluding hydrogens is 341 g/mol. The van der Waals surface area contributed by atoms with Crippen LogP contribution in [-0.2, 0) is 11.2 Å². The monoisotopic (exact) mass is 359 g/mol. The molecule has 0 aromatic heterocycles. The number of carbonyl (C=O) groups excluding carboxylic acids is 2. The van der Waals surface area contributed by atoms with Gasteiger partial charge < -0.3 is 4.90 Å². The van der Waals surface area contributed by atoms with Crippen molar-refractivity contribution in [1.29, 1.82) is 0 Å². The minimum absolute atomic E-state index is 0.0875. The first-order valence-electron chi connectivity index (χ1n) is 7.80.